The predicted octanol–water partition coefficient (Wildman–Crippen LogP) is 3.29. The van der Waals surface area contributed by atoms with Gasteiger partial charge < -0.3 is 10.2 Å². The zero-order valence-electron chi connectivity index (χ0n) is 14.4. The van der Waals surface area contributed by atoms with E-state index in [1.807, 2.05) is 38.1 Å². The number of hydrogen-bond donors (Lipinski definition) is 1. The number of unbranched alkanes of at least 4 members (excludes halogenated alkanes) is 1. The highest BCUT2D eigenvalue weighted by Crippen LogP contribution is 2.24. The molecule has 0 aliphatic rings. The Balaban J connectivity index is 2.92. The molecule has 4 heteroatoms. The lowest BCUT2D eigenvalue weighted by Gasteiger charge is -2.30. The number of nitrogens with zero attached hydrogens (tertiary/aromatic N) is 1. The second-order valence-corrected chi connectivity index (χ2v) is 6.12. The molecule has 0 fully saturated rings. The van der Waals surface area contributed by atoms with Gasteiger partial charge in [0.2, 0.25) is 11.8 Å². The molecule has 0 aliphatic carbocycles. The van der Waals surface area contributed by atoms with Gasteiger partial charge in [-0.05, 0) is 51.8 Å². The summed E-state index contributed by atoms with van der Waals surface area (Å²) in [6, 6.07) is 7.78. The minimum Gasteiger partial charge on any atom is -0.355 e. The lowest BCUT2D eigenvalue weighted by atomic mass is 9.89. The minimum atomic E-state index is -1.08. The molecule has 0 saturated carbocycles. The molecule has 0 saturated heterocycles. The SMILES string of the molecule is CCCCNC(=O)C(C)(C)C(=O)N(CC)c1cccc(C)c1. The van der Waals surface area contributed by atoms with Crippen LogP contribution in [-0.4, -0.2) is 24.9 Å². The Bertz CT molecular complexity index is 524. The summed E-state index contributed by atoms with van der Waals surface area (Å²) in [5.41, 5.74) is 0.851. The van der Waals surface area contributed by atoms with Gasteiger partial charge in [-0.2, -0.15) is 0 Å². The standard InChI is InChI=1S/C18H28N2O2/c1-6-8-12-19-16(21)18(4,5)17(22)20(7-2)15-11-9-10-14(3)13-15/h9-11,13H,6-8,12H2,1-5H3,(H,19,21). The van der Waals surface area contributed by atoms with E-state index in [2.05, 4.69) is 12.2 Å². The lowest BCUT2D eigenvalue weighted by molar-refractivity contribution is -0.139. The van der Waals surface area contributed by atoms with Gasteiger partial charge in [0.25, 0.3) is 0 Å². The third kappa shape index (κ3) is 4.33. The third-order valence-corrected chi connectivity index (χ3v) is 3.79. The number of hydrogen-bond acceptors (Lipinski definition) is 2. The summed E-state index contributed by atoms with van der Waals surface area (Å²) < 4.78 is 0. The maximum Gasteiger partial charge on any atom is 0.242 e. The van der Waals surface area contributed by atoms with Crippen molar-refractivity contribution in [2.45, 2.75) is 47.5 Å². The topological polar surface area (TPSA) is 49.4 Å². The molecule has 0 bridgehead atoms. The molecule has 0 heterocycles. The Hall–Kier alpha value is -1.84. The average molecular weight is 304 g/mol. The highest BCUT2D eigenvalue weighted by atomic mass is 16.2. The number of nitrogens with one attached hydrogen (secondary N) is 1. The summed E-state index contributed by atoms with van der Waals surface area (Å²) in [7, 11) is 0. The summed E-state index contributed by atoms with van der Waals surface area (Å²) >= 11 is 0. The minimum absolute atomic E-state index is 0.172. The fraction of sp³-hybridized carbons (Fsp3) is 0.556. The summed E-state index contributed by atoms with van der Waals surface area (Å²) in [6.07, 6.45) is 1.93. The van der Waals surface area contributed by atoms with Crippen LogP contribution < -0.4 is 10.2 Å². The van der Waals surface area contributed by atoms with E-state index < -0.39 is 5.41 Å². The highest BCUT2D eigenvalue weighted by molar-refractivity contribution is 6.11. The number of carbonyl (C=O) groups is 2. The summed E-state index contributed by atoms with van der Waals surface area (Å²) in [4.78, 5) is 26.9. The summed E-state index contributed by atoms with van der Waals surface area (Å²) in [6.45, 7) is 10.5. The van der Waals surface area contributed by atoms with Crippen LogP contribution in [-0.2, 0) is 9.59 Å². The molecule has 1 N–H and O–H groups in total. The number of anilines is 1. The van der Waals surface area contributed by atoms with Crippen LogP contribution in [0.15, 0.2) is 24.3 Å². The van der Waals surface area contributed by atoms with Gasteiger partial charge in [0.05, 0.1) is 0 Å². The molecule has 0 aliphatic heterocycles. The van der Waals surface area contributed by atoms with Crippen molar-refractivity contribution in [1.29, 1.82) is 0 Å². The van der Waals surface area contributed by atoms with E-state index in [0.29, 0.717) is 13.1 Å². The van der Waals surface area contributed by atoms with Crippen LogP contribution in [0, 0.1) is 12.3 Å². The molecule has 1 aromatic carbocycles. The third-order valence-electron chi connectivity index (χ3n) is 3.79. The molecule has 0 spiro atoms. The fourth-order valence-electron chi connectivity index (χ4n) is 2.27. The van der Waals surface area contributed by atoms with Crippen molar-refractivity contribution in [3.05, 3.63) is 29.8 Å². The molecule has 0 unspecified atom stereocenters. The van der Waals surface area contributed by atoms with E-state index in [-0.39, 0.29) is 11.8 Å². The van der Waals surface area contributed by atoms with Crippen LogP contribution in [0.2, 0.25) is 0 Å². The highest BCUT2D eigenvalue weighted by Gasteiger charge is 2.39. The first-order chi connectivity index (χ1) is 10.3. The van der Waals surface area contributed by atoms with Crippen LogP contribution >= 0.6 is 0 Å². The van der Waals surface area contributed by atoms with E-state index in [4.69, 9.17) is 0 Å². The van der Waals surface area contributed by atoms with Gasteiger partial charge in [-0.25, -0.2) is 0 Å². The molecular weight excluding hydrogens is 276 g/mol. The number of rotatable bonds is 7. The van der Waals surface area contributed by atoms with Gasteiger partial charge in [0, 0.05) is 18.8 Å². The molecule has 0 radical (unpaired) electrons. The van der Waals surface area contributed by atoms with Gasteiger partial charge in [0.15, 0.2) is 0 Å². The first-order valence-electron chi connectivity index (χ1n) is 8.01. The van der Waals surface area contributed by atoms with Gasteiger partial charge >= 0.3 is 0 Å². The van der Waals surface area contributed by atoms with Gasteiger partial charge in [-0.15, -0.1) is 0 Å². The van der Waals surface area contributed by atoms with Crippen molar-refractivity contribution in [3.63, 3.8) is 0 Å². The lowest BCUT2D eigenvalue weighted by Crippen LogP contribution is -2.50. The van der Waals surface area contributed by atoms with Crippen LogP contribution in [0.4, 0.5) is 5.69 Å². The van der Waals surface area contributed by atoms with Crippen LogP contribution in [0.1, 0.15) is 46.1 Å². The van der Waals surface area contributed by atoms with E-state index in [1.54, 1.807) is 18.7 Å². The molecule has 1 rings (SSSR count). The maximum absolute atomic E-state index is 12.8. The Kier molecular flexibility index (Phi) is 6.60. The van der Waals surface area contributed by atoms with Crippen molar-refractivity contribution in [2.75, 3.05) is 18.0 Å². The van der Waals surface area contributed by atoms with Crippen LogP contribution in [0.3, 0.4) is 0 Å². The van der Waals surface area contributed by atoms with E-state index in [9.17, 15) is 9.59 Å². The maximum atomic E-state index is 12.8. The smallest absolute Gasteiger partial charge is 0.242 e. The number of benzene rings is 1. The van der Waals surface area contributed by atoms with E-state index in [1.165, 1.54) is 0 Å². The monoisotopic (exact) mass is 304 g/mol. The number of aryl methyl sites for hydroxylation is 1. The normalized spacial score (nSPS) is 11.1. The van der Waals surface area contributed by atoms with Crippen LogP contribution in [0.5, 0.6) is 0 Å². The number of carbonyl (C=O) groups excluding carboxylic acids is 2. The Labute approximate surface area is 133 Å². The molecule has 2 amide bonds. The molecule has 0 aromatic heterocycles. The Morgan fingerprint density at radius 2 is 1.91 bits per heavy atom. The van der Waals surface area contributed by atoms with Crippen LogP contribution in [0.25, 0.3) is 0 Å². The zero-order chi connectivity index (χ0) is 16.8. The van der Waals surface area contributed by atoms with E-state index >= 15 is 0 Å². The fourth-order valence-corrected chi connectivity index (χ4v) is 2.27. The quantitative estimate of drug-likeness (QED) is 0.621. The number of amides is 2. The molecule has 122 valence electrons. The first kappa shape index (κ1) is 18.2. The van der Waals surface area contributed by atoms with Gasteiger partial charge in [0.1, 0.15) is 5.41 Å². The predicted molar refractivity (Wildman–Crippen MR) is 90.9 cm³/mol. The van der Waals surface area contributed by atoms with Crippen molar-refractivity contribution in [1.82, 2.24) is 5.32 Å². The average Bonchev–Trinajstić information content (AvgIpc) is 2.48. The van der Waals surface area contributed by atoms with E-state index in [0.717, 1.165) is 24.1 Å². The van der Waals surface area contributed by atoms with Crippen molar-refractivity contribution in [3.8, 4) is 0 Å². The van der Waals surface area contributed by atoms with Crippen molar-refractivity contribution >= 4 is 17.5 Å². The molecule has 4 nitrogen and oxygen atoms in total. The molecule has 1 aromatic rings. The van der Waals surface area contributed by atoms with Crippen molar-refractivity contribution < 1.29 is 9.59 Å². The summed E-state index contributed by atoms with van der Waals surface area (Å²) in [5.74, 6) is -0.383. The largest absolute Gasteiger partial charge is 0.355 e. The Morgan fingerprint density at radius 1 is 1.23 bits per heavy atom. The molecule has 0 atom stereocenters. The second kappa shape index (κ2) is 7.97. The zero-order valence-corrected chi connectivity index (χ0v) is 14.4. The second-order valence-electron chi connectivity index (χ2n) is 6.12. The molecule has 22 heavy (non-hydrogen) atoms. The van der Waals surface area contributed by atoms with Crippen molar-refractivity contribution in [2.24, 2.45) is 5.41 Å². The van der Waals surface area contributed by atoms with Gasteiger partial charge in [-0.1, -0.05) is 25.5 Å². The first-order valence-corrected chi connectivity index (χ1v) is 8.01. The van der Waals surface area contributed by atoms with Gasteiger partial charge in [-0.3, -0.25) is 9.59 Å². The molecular formula is C18H28N2O2. The summed E-state index contributed by atoms with van der Waals surface area (Å²) in [5, 5.41) is 2.86. The Morgan fingerprint density at radius 3 is 2.45 bits per heavy atom.